The Hall–Kier alpha value is -4.37. The van der Waals surface area contributed by atoms with Gasteiger partial charge in [-0.2, -0.15) is 0 Å². The van der Waals surface area contributed by atoms with Gasteiger partial charge in [0.2, 0.25) is 11.8 Å². The van der Waals surface area contributed by atoms with Crippen molar-refractivity contribution in [3.63, 3.8) is 0 Å². The van der Waals surface area contributed by atoms with Crippen molar-refractivity contribution in [3.05, 3.63) is 99.1 Å². The first-order valence-corrected chi connectivity index (χ1v) is 12.7. The number of amides is 2. The molecule has 2 amide bonds. The number of carbonyl (C=O) groups is 3. The van der Waals surface area contributed by atoms with Gasteiger partial charge < -0.3 is 10.6 Å². The maximum atomic E-state index is 14.8. The van der Waals surface area contributed by atoms with Crippen molar-refractivity contribution in [2.45, 2.75) is 36.8 Å². The molecule has 4 heterocycles. The number of Topliss-reactive ketones (excluding diaryl/α,β-unsaturated/α-hetero) is 1. The second-order valence-electron chi connectivity index (χ2n) is 10.6. The Kier molecular flexibility index (Phi) is 4.55. The SMILES string of the molecule is Cc1ccc2c(c1)C1(C(=O)N2)C(C(=O)c2cccc([N+](=O)[O-])c2)C2(C(=O)Nc3ccccc32)C2CCCN21. The Morgan fingerprint density at radius 2 is 1.74 bits per heavy atom. The molecular formula is C29H24N4O5. The van der Waals surface area contributed by atoms with Crippen LogP contribution in [0.3, 0.4) is 0 Å². The fourth-order valence-corrected chi connectivity index (χ4v) is 7.60. The normalized spacial score (nSPS) is 28.8. The number of hydrogen-bond acceptors (Lipinski definition) is 6. The molecule has 4 unspecified atom stereocenters. The number of nitrogens with zero attached hydrogens (tertiary/aromatic N) is 2. The number of para-hydroxylation sites is 1. The van der Waals surface area contributed by atoms with Crippen LogP contribution in [0.1, 0.15) is 39.9 Å². The average Bonchev–Trinajstić information content (AvgIpc) is 3.63. The highest BCUT2D eigenvalue weighted by Crippen LogP contribution is 2.66. The van der Waals surface area contributed by atoms with Crippen molar-refractivity contribution in [2.75, 3.05) is 17.2 Å². The third-order valence-electron chi connectivity index (χ3n) is 8.88. The number of carbonyl (C=O) groups excluding carboxylic acids is 3. The average molecular weight is 509 g/mol. The summed E-state index contributed by atoms with van der Waals surface area (Å²) < 4.78 is 0. The molecule has 4 aliphatic rings. The number of non-ortho nitro benzene ring substituents is 1. The lowest BCUT2D eigenvalue weighted by atomic mass is 9.60. The van der Waals surface area contributed by atoms with Gasteiger partial charge in [0.1, 0.15) is 11.0 Å². The molecule has 3 aromatic rings. The summed E-state index contributed by atoms with van der Waals surface area (Å²) in [5, 5.41) is 17.6. The minimum absolute atomic E-state index is 0.107. The van der Waals surface area contributed by atoms with Gasteiger partial charge >= 0.3 is 0 Å². The van der Waals surface area contributed by atoms with Crippen LogP contribution in [0.25, 0.3) is 0 Å². The topological polar surface area (TPSA) is 122 Å². The molecule has 190 valence electrons. The summed E-state index contributed by atoms with van der Waals surface area (Å²) in [6, 6.07) is 18.2. The number of aryl methyl sites for hydroxylation is 1. The highest BCUT2D eigenvalue weighted by atomic mass is 16.6. The highest BCUT2D eigenvalue weighted by Gasteiger charge is 2.78. The number of hydrogen-bond donors (Lipinski definition) is 2. The van der Waals surface area contributed by atoms with Crippen LogP contribution in [0.5, 0.6) is 0 Å². The third kappa shape index (κ3) is 2.56. The second kappa shape index (κ2) is 7.58. The smallest absolute Gasteiger partial charge is 0.270 e. The quantitative estimate of drug-likeness (QED) is 0.314. The van der Waals surface area contributed by atoms with E-state index in [1.165, 1.54) is 24.3 Å². The molecule has 2 spiro atoms. The van der Waals surface area contributed by atoms with Crippen molar-refractivity contribution in [1.82, 2.24) is 4.90 Å². The van der Waals surface area contributed by atoms with Crippen LogP contribution >= 0.6 is 0 Å². The Morgan fingerprint density at radius 3 is 2.55 bits per heavy atom. The standard InChI is InChI=1S/C29H24N4O5/c1-16-11-12-22-20(14-16)29(27(36)31-22)25(24(34)17-6-4-7-18(15-17)33(37)38)28(23-10-5-13-32(23)29)19-8-2-3-9-21(19)30-26(28)35/h2-4,6-9,11-12,14-15,23,25H,5,10,13H2,1H3,(H,30,35)(H,31,36). The van der Waals surface area contributed by atoms with E-state index in [0.29, 0.717) is 35.5 Å². The van der Waals surface area contributed by atoms with E-state index in [0.717, 1.165) is 12.0 Å². The number of nitrogens with one attached hydrogen (secondary N) is 2. The summed E-state index contributed by atoms with van der Waals surface area (Å²) in [4.78, 5) is 56.3. The predicted molar refractivity (Wildman–Crippen MR) is 139 cm³/mol. The lowest BCUT2D eigenvalue weighted by Crippen LogP contribution is -2.55. The zero-order valence-corrected chi connectivity index (χ0v) is 20.6. The zero-order valence-electron chi connectivity index (χ0n) is 20.6. The van der Waals surface area contributed by atoms with E-state index >= 15 is 0 Å². The summed E-state index contributed by atoms with van der Waals surface area (Å²) in [6.45, 7) is 2.47. The van der Waals surface area contributed by atoms with E-state index in [-0.39, 0.29) is 23.1 Å². The first-order chi connectivity index (χ1) is 18.3. The maximum absolute atomic E-state index is 14.8. The molecule has 2 fully saturated rings. The van der Waals surface area contributed by atoms with Gasteiger partial charge in [0.15, 0.2) is 5.78 Å². The minimum atomic E-state index is -1.45. The minimum Gasteiger partial charge on any atom is -0.325 e. The van der Waals surface area contributed by atoms with Crippen molar-refractivity contribution < 1.29 is 19.3 Å². The molecule has 0 radical (unpaired) electrons. The molecule has 4 atom stereocenters. The molecule has 2 N–H and O–H groups in total. The largest absolute Gasteiger partial charge is 0.325 e. The Labute approximate surface area is 218 Å². The van der Waals surface area contributed by atoms with Crippen LogP contribution in [-0.2, 0) is 20.5 Å². The number of fused-ring (bicyclic) bond motifs is 7. The lowest BCUT2D eigenvalue weighted by Gasteiger charge is -2.38. The Morgan fingerprint density at radius 1 is 0.974 bits per heavy atom. The van der Waals surface area contributed by atoms with Gasteiger partial charge in [-0.05, 0) is 44.0 Å². The van der Waals surface area contributed by atoms with Crippen LogP contribution in [0, 0.1) is 23.0 Å². The zero-order chi connectivity index (χ0) is 26.4. The molecule has 38 heavy (non-hydrogen) atoms. The fraction of sp³-hybridized carbons (Fsp3) is 0.276. The number of nitro benzene ring substituents is 1. The fourth-order valence-electron chi connectivity index (χ4n) is 7.60. The molecule has 7 rings (SSSR count). The van der Waals surface area contributed by atoms with Gasteiger partial charge in [0.25, 0.3) is 5.69 Å². The molecule has 3 aromatic carbocycles. The molecule has 9 heteroatoms. The van der Waals surface area contributed by atoms with Crippen LogP contribution in [0.2, 0.25) is 0 Å². The number of anilines is 2. The third-order valence-corrected chi connectivity index (χ3v) is 8.88. The first kappa shape index (κ1) is 22.8. The second-order valence-corrected chi connectivity index (χ2v) is 10.6. The van der Waals surface area contributed by atoms with E-state index in [4.69, 9.17) is 0 Å². The Balaban J connectivity index is 1.58. The number of nitro groups is 1. The highest BCUT2D eigenvalue weighted by molar-refractivity contribution is 6.18. The Bertz CT molecular complexity index is 1600. The summed E-state index contributed by atoms with van der Waals surface area (Å²) in [5.41, 5.74) is 0.623. The van der Waals surface area contributed by atoms with Crippen LogP contribution < -0.4 is 10.6 Å². The van der Waals surface area contributed by atoms with Crippen molar-refractivity contribution in [1.29, 1.82) is 0 Å². The lowest BCUT2D eigenvalue weighted by molar-refractivity contribution is -0.384. The molecule has 0 aliphatic carbocycles. The summed E-state index contributed by atoms with van der Waals surface area (Å²) >= 11 is 0. The molecular weight excluding hydrogens is 484 g/mol. The van der Waals surface area contributed by atoms with Gasteiger partial charge in [0.05, 0.1) is 10.8 Å². The van der Waals surface area contributed by atoms with Crippen molar-refractivity contribution in [3.8, 4) is 0 Å². The number of rotatable bonds is 3. The van der Waals surface area contributed by atoms with Crippen molar-refractivity contribution in [2.24, 2.45) is 5.92 Å². The van der Waals surface area contributed by atoms with Crippen LogP contribution in [0.15, 0.2) is 66.7 Å². The summed E-state index contributed by atoms with van der Waals surface area (Å²) in [7, 11) is 0. The van der Waals surface area contributed by atoms with Gasteiger partial charge in [-0.1, -0.05) is 48.0 Å². The first-order valence-electron chi connectivity index (χ1n) is 12.7. The van der Waals surface area contributed by atoms with Crippen molar-refractivity contribution >= 4 is 34.7 Å². The van der Waals surface area contributed by atoms with E-state index in [2.05, 4.69) is 15.5 Å². The molecule has 4 aliphatic heterocycles. The van der Waals surface area contributed by atoms with Crippen LogP contribution in [-0.4, -0.2) is 40.0 Å². The molecule has 0 aromatic heterocycles. The van der Waals surface area contributed by atoms with E-state index in [9.17, 15) is 24.5 Å². The molecule has 9 nitrogen and oxygen atoms in total. The van der Waals surface area contributed by atoms with E-state index in [1.807, 2.05) is 49.4 Å². The predicted octanol–water partition coefficient (Wildman–Crippen LogP) is 3.92. The molecule has 2 saturated heterocycles. The van der Waals surface area contributed by atoms with Gasteiger partial charge in [-0.3, -0.25) is 29.4 Å². The molecule has 0 saturated carbocycles. The van der Waals surface area contributed by atoms with Crippen LogP contribution in [0.4, 0.5) is 17.1 Å². The monoisotopic (exact) mass is 508 g/mol. The van der Waals surface area contributed by atoms with E-state index < -0.39 is 33.6 Å². The maximum Gasteiger partial charge on any atom is 0.270 e. The van der Waals surface area contributed by atoms with Gasteiger partial charge in [0, 0.05) is 40.7 Å². The number of ketones is 1. The number of benzene rings is 3. The van der Waals surface area contributed by atoms with Gasteiger partial charge in [-0.15, -0.1) is 0 Å². The van der Waals surface area contributed by atoms with E-state index in [1.54, 1.807) is 0 Å². The summed E-state index contributed by atoms with van der Waals surface area (Å²) in [6.07, 6.45) is 1.41. The van der Waals surface area contributed by atoms with Gasteiger partial charge in [-0.25, -0.2) is 0 Å². The molecule has 0 bridgehead atoms. The summed E-state index contributed by atoms with van der Waals surface area (Å²) in [5.74, 6) is -2.26.